The standard InChI is InChI=1S/C60H41NS/c1-4-12-42(13-5-1)45-20-22-47(23-21-45)49-30-36-53(37-31-49)61(52-34-28-48(29-35-52)44-16-8-3-9-17-44)54-38-32-50(33-39-54)55-40-41-57-56-18-10-11-19-58(56)62-60(57)59(55)51-26-24-46(25-27-51)43-14-6-2-7-15-43/h1-41H. The van der Waals surface area contributed by atoms with Crippen molar-refractivity contribution in [2.45, 2.75) is 0 Å². The molecule has 0 atom stereocenters. The van der Waals surface area contributed by atoms with Gasteiger partial charge in [-0.25, -0.2) is 0 Å². The lowest BCUT2D eigenvalue weighted by atomic mass is 9.91. The molecular weight excluding hydrogens is 767 g/mol. The van der Waals surface area contributed by atoms with Gasteiger partial charge in [-0.3, -0.25) is 0 Å². The Kier molecular flexibility index (Phi) is 9.82. The van der Waals surface area contributed by atoms with Gasteiger partial charge in [-0.1, -0.05) is 206 Å². The summed E-state index contributed by atoms with van der Waals surface area (Å²) < 4.78 is 2.62. The molecule has 1 heterocycles. The quantitative estimate of drug-likeness (QED) is 0.140. The summed E-state index contributed by atoms with van der Waals surface area (Å²) >= 11 is 1.89. The Bertz CT molecular complexity index is 3260. The van der Waals surface area contributed by atoms with Gasteiger partial charge in [0, 0.05) is 42.8 Å². The summed E-state index contributed by atoms with van der Waals surface area (Å²) in [4.78, 5) is 2.36. The molecule has 0 aliphatic rings. The first kappa shape index (κ1) is 37.2. The zero-order valence-corrected chi connectivity index (χ0v) is 34.8. The van der Waals surface area contributed by atoms with Crippen molar-refractivity contribution < 1.29 is 0 Å². The van der Waals surface area contributed by atoms with Crippen molar-refractivity contribution in [2.75, 3.05) is 4.90 Å². The first-order valence-corrected chi connectivity index (χ1v) is 22.0. The van der Waals surface area contributed by atoms with Crippen molar-refractivity contribution >= 4 is 48.6 Å². The second-order valence-corrected chi connectivity index (χ2v) is 16.7. The number of benzene rings is 10. The van der Waals surface area contributed by atoms with Crippen LogP contribution in [0.3, 0.4) is 0 Å². The minimum absolute atomic E-state index is 1.10. The topological polar surface area (TPSA) is 3.24 Å². The number of hydrogen-bond acceptors (Lipinski definition) is 2. The molecular formula is C60H41NS. The molecule has 0 spiro atoms. The lowest BCUT2D eigenvalue weighted by molar-refractivity contribution is 1.28. The maximum atomic E-state index is 2.36. The molecule has 0 aliphatic carbocycles. The third-order valence-electron chi connectivity index (χ3n) is 11.9. The van der Waals surface area contributed by atoms with Crippen LogP contribution in [0.4, 0.5) is 17.1 Å². The number of anilines is 3. The van der Waals surface area contributed by atoms with E-state index in [4.69, 9.17) is 0 Å². The largest absolute Gasteiger partial charge is 0.311 e. The van der Waals surface area contributed by atoms with E-state index in [1.165, 1.54) is 86.9 Å². The van der Waals surface area contributed by atoms with E-state index in [-0.39, 0.29) is 0 Å². The van der Waals surface area contributed by atoms with Gasteiger partial charge in [-0.2, -0.15) is 0 Å². The van der Waals surface area contributed by atoms with E-state index >= 15 is 0 Å². The zero-order chi connectivity index (χ0) is 41.2. The van der Waals surface area contributed by atoms with E-state index in [0.717, 1.165) is 17.1 Å². The Hall–Kier alpha value is -7.78. The first-order chi connectivity index (χ1) is 30.7. The van der Waals surface area contributed by atoms with Gasteiger partial charge in [0.1, 0.15) is 0 Å². The molecule has 0 saturated carbocycles. The minimum atomic E-state index is 1.10. The average Bonchev–Trinajstić information content (AvgIpc) is 3.74. The van der Waals surface area contributed by atoms with Gasteiger partial charge in [0.15, 0.2) is 0 Å². The predicted octanol–water partition coefficient (Wildman–Crippen LogP) is 17.5. The molecule has 0 bridgehead atoms. The highest BCUT2D eigenvalue weighted by atomic mass is 32.1. The third-order valence-corrected chi connectivity index (χ3v) is 13.2. The molecule has 0 unspecified atom stereocenters. The van der Waals surface area contributed by atoms with Crippen LogP contribution in [-0.4, -0.2) is 0 Å². The minimum Gasteiger partial charge on any atom is -0.311 e. The maximum absolute atomic E-state index is 2.36. The Morgan fingerprint density at radius 3 is 1.02 bits per heavy atom. The van der Waals surface area contributed by atoms with Crippen LogP contribution < -0.4 is 4.90 Å². The van der Waals surface area contributed by atoms with Crippen molar-refractivity contribution in [1.29, 1.82) is 0 Å². The molecule has 0 amide bonds. The van der Waals surface area contributed by atoms with E-state index < -0.39 is 0 Å². The van der Waals surface area contributed by atoms with Gasteiger partial charge in [0.05, 0.1) is 0 Å². The normalized spacial score (nSPS) is 11.2. The molecule has 11 aromatic rings. The lowest BCUT2D eigenvalue weighted by Crippen LogP contribution is -2.09. The summed E-state index contributed by atoms with van der Waals surface area (Å²) in [6.07, 6.45) is 0. The van der Waals surface area contributed by atoms with Crippen LogP contribution in [0.25, 0.3) is 86.9 Å². The summed E-state index contributed by atoms with van der Waals surface area (Å²) in [6.45, 7) is 0. The Morgan fingerprint density at radius 2 is 0.581 bits per heavy atom. The summed E-state index contributed by atoms with van der Waals surface area (Å²) in [7, 11) is 0. The van der Waals surface area contributed by atoms with Crippen LogP contribution >= 0.6 is 11.3 Å². The zero-order valence-electron chi connectivity index (χ0n) is 34.0. The van der Waals surface area contributed by atoms with Gasteiger partial charge in [0.25, 0.3) is 0 Å². The van der Waals surface area contributed by atoms with Crippen molar-refractivity contribution in [1.82, 2.24) is 0 Å². The summed E-state index contributed by atoms with van der Waals surface area (Å²) in [6, 6.07) is 90.2. The molecule has 0 saturated heterocycles. The molecule has 0 fully saturated rings. The fraction of sp³-hybridized carbons (Fsp3) is 0. The first-order valence-electron chi connectivity index (χ1n) is 21.2. The van der Waals surface area contributed by atoms with E-state index in [2.05, 4.69) is 254 Å². The molecule has 1 aromatic heterocycles. The van der Waals surface area contributed by atoms with Crippen molar-refractivity contribution in [3.63, 3.8) is 0 Å². The van der Waals surface area contributed by atoms with Crippen molar-refractivity contribution in [2.24, 2.45) is 0 Å². The van der Waals surface area contributed by atoms with Crippen LogP contribution in [0.15, 0.2) is 249 Å². The smallest absolute Gasteiger partial charge is 0.0462 e. The summed E-state index contributed by atoms with van der Waals surface area (Å²) in [5.74, 6) is 0. The highest BCUT2D eigenvalue weighted by molar-refractivity contribution is 7.26. The van der Waals surface area contributed by atoms with Crippen molar-refractivity contribution in [3.05, 3.63) is 249 Å². The van der Waals surface area contributed by atoms with E-state index in [0.29, 0.717) is 0 Å². The van der Waals surface area contributed by atoms with Crippen LogP contribution in [0.2, 0.25) is 0 Å². The van der Waals surface area contributed by atoms with Gasteiger partial charge >= 0.3 is 0 Å². The highest BCUT2D eigenvalue weighted by Crippen LogP contribution is 2.46. The van der Waals surface area contributed by atoms with Crippen LogP contribution in [0.5, 0.6) is 0 Å². The van der Waals surface area contributed by atoms with Crippen LogP contribution in [-0.2, 0) is 0 Å². The molecule has 0 aliphatic heterocycles. The number of rotatable bonds is 9. The van der Waals surface area contributed by atoms with Gasteiger partial charge < -0.3 is 4.90 Å². The average molecular weight is 808 g/mol. The third kappa shape index (κ3) is 7.17. The Labute approximate surface area is 367 Å². The molecule has 1 nitrogen and oxygen atoms in total. The molecule has 11 rings (SSSR count). The fourth-order valence-electron chi connectivity index (χ4n) is 8.74. The fourth-order valence-corrected chi connectivity index (χ4v) is 10.0. The maximum Gasteiger partial charge on any atom is 0.0462 e. The molecule has 62 heavy (non-hydrogen) atoms. The van der Waals surface area contributed by atoms with E-state index in [1.54, 1.807) is 0 Å². The predicted molar refractivity (Wildman–Crippen MR) is 267 cm³/mol. The molecule has 10 aromatic carbocycles. The SMILES string of the molecule is c1ccc(-c2ccc(-c3ccc(N(c4ccc(-c5ccccc5)cc4)c4ccc(-c5ccc6c(sc7ccccc76)c5-c5ccc(-c6ccccc6)cc5)cc4)cc3)cc2)cc1. The summed E-state index contributed by atoms with van der Waals surface area (Å²) in [5.41, 5.74) is 17.9. The molecule has 2 heteroatoms. The summed E-state index contributed by atoms with van der Waals surface area (Å²) in [5, 5.41) is 2.61. The Morgan fingerprint density at radius 1 is 0.242 bits per heavy atom. The van der Waals surface area contributed by atoms with Crippen molar-refractivity contribution in [3.8, 4) is 66.8 Å². The molecule has 292 valence electrons. The van der Waals surface area contributed by atoms with Crippen LogP contribution in [0.1, 0.15) is 0 Å². The highest BCUT2D eigenvalue weighted by Gasteiger charge is 2.18. The second kappa shape index (κ2) is 16.3. The van der Waals surface area contributed by atoms with E-state index in [9.17, 15) is 0 Å². The monoisotopic (exact) mass is 807 g/mol. The number of nitrogens with zero attached hydrogens (tertiary/aromatic N) is 1. The van der Waals surface area contributed by atoms with Gasteiger partial charge in [-0.15, -0.1) is 11.3 Å². The second-order valence-electron chi connectivity index (χ2n) is 15.7. The van der Waals surface area contributed by atoms with Crippen LogP contribution in [0, 0.1) is 0 Å². The Balaban J connectivity index is 0.980. The van der Waals surface area contributed by atoms with E-state index in [1.807, 2.05) is 11.3 Å². The van der Waals surface area contributed by atoms with Gasteiger partial charge in [-0.05, 0) is 104 Å². The lowest BCUT2D eigenvalue weighted by Gasteiger charge is -2.26. The molecule has 0 N–H and O–H groups in total. The van der Waals surface area contributed by atoms with Gasteiger partial charge in [0.2, 0.25) is 0 Å². The number of fused-ring (bicyclic) bond motifs is 3. The number of hydrogen-bond donors (Lipinski definition) is 0. The molecule has 0 radical (unpaired) electrons. The number of thiophene rings is 1.